The lowest BCUT2D eigenvalue weighted by atomic mass is 9.71. The molecule has 0 aromatic rings. The van der Waals surface area contributed by atoms with Crippen molar-refractivity contribution in [2.45, 2.75) is 57.7 Å². The number of ether oxygens (including phenoxy) is 1. The van der Waals surface area contributed by atoms with Crippen LogP contribution in [0.25, 0.3) is 0 Å². The predicted molar refractivity (Wildman–Crippen MR) is 72.2 cm³/mol. The maximum Gasteiger partial charge on any atom is 0.152 e. The Hall–Kier alpha value is -0.130. The Kier molecular flexibility index (Phi) is 3.78. The molecular weight excluding hydrogens is 250 g/mol. The third-order valence-electron chi connectivity index (χ3n) is 4.49. The summed E-state index contributed by atoms with van der Waals surface area (Å²) in [6.45, 7) is 5.04. The Morgan fingerprint density at radius 2 is 1.83 bits per heavy atom. The van der Waals surface area contributed by atoms with Crippen molar-refractivity contribution in [2.24, 2.45) is 11.1 Å². The molecule has 106 valence electrons. The molecule has 4 nitrogen and oxygen atoms in total. The van der Waals surface area contributed by atoms with E-state index in [2.05, 4.69) is 13.8 Å². The van der Waals surface area contributed by atoms with Gasteiger partial charge < -0.3 is 10.5 Å². The first kappa shape index (κ1) is 14.3. The average molecular weight is 275 g/mol. The van der Waals surface area contributed by atoms with E-state index in [0.29, 0.717) is 18.4 Å². The van der Waals surface area contributed by atoms with Gasteiger partial charge in [-0.2, -0.15) is 0 Å². The van der Waals surface area contributed by atoms with Gasteiger partial charge >= 0.3 is 0 Å². The Morgan fingerprint density at radius 1 is 1.22 bits per heavy atom. The Morgan fingerprint density at radius 3 is 2.28 bits per heavy atom. The van der Waals surface area contributed by atoms with E-state index in [-0.39, 0.29) is 23.2 Å². The lowest BCUT2D eigenvalue weighted by molar-refractivity contribution is -0.112. The molecule has 0 radical (unpaired) electrons. The highest BCUT2D eigenvalue weighted by molar-refractivity contribution is 7.91. The maximum absolute atomic E-state index is 11.5. The van der Waals surface area contributed by atoms with Gasteiger partial charge in [0.15, 0.2) is 9.84 Å². The van der Waals surface area contributed by atoms with Gasteiger partial charge in [-0.1, -0.05) is 13.8 Å². The zero-order chi connectivity index (χ0) is 13.4. The topological polar surface area (TPSA) is 69.4 Å². The largest absolute Gasteiger partial charge is 0.369 e. The fourth-order valence-electron chi connectivity index (χ4n) is 2.96. The molecule has 1 unspecified atom stereocenters. The molecule has 0 spiro atoms. The van der Waals surface area contributed by atoms with Gasteiger partial charge in [0.05, 0.1) is 23.2 Å². The van der Waals surface area contributed by atoms with Crippen LogP contribution < -0.4 is 5.73 Å². The van der Waals surface area contributed by atoms with Gasteiger partial charge in [0.1, 0.15) is 0 Å². The van der Waals surface area contributed by atoms with Gasteiger partial charge in [-0.15, -0.1) is 0 Å². The first-order valence-electron chi connectivity index (χ1n) is 6.84. The summed E-state index contributed by atoms with van der Waals surface area (Å²) in [6, 6.07) is 0. The minimum Gasteiger partial charge on any atom is -0.369 e. The van der Waals surface area contributed by atoms with E-state index in [4.69, 9.17) is 10.5 Å². The molecule has 2 N–H and O–H groups in total. The van der Waals surface area contributed by atoms with Crippen LogP contribution in [0.3, 0.4) is 0 Å². The minimum atomic E-state index is -2.87. The Bertz CT molecular complexity index is 392. The molecule has 0 amide bonds. The second-order valence-electron chi connectivity index (χ2n) is 6.69. The smallest absolute Gasteiger partial charge is 0.152 e. The van der Waals surface area contributed by atoms with Crippen molar-refractivity contribution in [3.05, 3.63) is 0 Å². The van der Waals surface area contributed by atoms with E-state index in [1.54, 1.807) is 0 Å². The first-order chi connectivity index (χ1) is 8.26. The molecule has 1 heterocycles. The molecule has 2 aliphatic rings. The van der Waals surface area contributed by atoms with Gasteiger partial charge in [0, 0.05) is 6.54 Å². The highest BCUT2D eigenvalue weighted by Gasteiger charge is 2.41. The second-order valence-corrected chi connectivity index (χ2v) is 8.92. The van der Waals surface area contributed by atoms with Crippen LogP contribution >= 0.6 is 0 Å². The van der Waals surface area contributed by atoms with Crippen LogP contribution in [0.1, 0.15) is 46.0 Å². The van der Waals surface area contributed by atoms with Gasteiger partial charge in [0.2, 0.25) is 0 Å². The highest BCUT2D eigenvalue weighted by Crippen LogP contribution is 2.42. The van der Waals surface area contributed by atoms with Crippen LogP contribution in [0.4, 0.5) is 0 Å². The number of sulfone groups is 1. The number of hydrogen-bond donors (Lipinski definition) is 1. The lowest BCUT2D eigenvalue weighted by Gasteiger charge is -2.44. The highest BCUT2D eigenvalue weighted by atomic mass is 32.2. The van der Waals surface area contributed by atoms with Crippen LogP contribution in [0.15, 0.2) is 0 Å². The van der Waals surface area contributed by atoms with E-state index in [1.165, 1.54) is 0 Å². The normalized spacial score (nSPS) is 33.4. The van der Waals surface area contributed by atoms with E-state index < -0.39 is 9.84 Å². The second kappa shape index (κ2) is 4.76. The van der Waals surface area contributed by atoms with Crippen molar-refractivity contribution in [2.75, 3.05) is 18.1 Å². The van der Waals surface area contributed by atoms with Gasteiger partial charge in [0.25, 0.3) is 0 Å². The Balaban J connectivity index is 1.98. The quantitative estimate of drug-likeness (QED) is 0.847. The SMILES string of the molecule is CC1(C)CCC(CN)(OC2CCS(=O)(=O)C2)CC1. The van der Waals surface area contributed by atoms with Crippen LogP contribution in [0, 0.1) is 5.41 Å². The average Bonchev–Trinajstić information content (AvgIpc) is 2.62. The van der Waals surface area contributed by atoms with Crippen molar-refractivity contribution in [3.8, 4) is 0 Å². The molecule has 1 aliphatic carbocycles. The summed E-state index contributed by atoms with van der Waals surface area (Å²) in [7, 11) is -2.87. The van der Waals surface area contributed by atoms with Crippen molar-refractivity contribution in [1.82, 2.24) is 0 Å². The molecule has 1 aliphatic heterocycles. The molecule has 0 bridgehead atoms. The monoisotopic (exact) mass is 275 g/mol. The lowest BCUT2D eigenvalue weighted by Crippen LogP contribution is -2.48. The molecule has 5 heteroatoms. The van der Waals surface area contributed by atoms with Crippen LogP contribution in [-0.4, -0.2) is 38.2 Å². The molecule has 1 saturated carbocycles. The molecule has 2 fully saturated rings. The maximum atomic E-state index is 11.5. The summed E-state index contributed by atoms with van der Waals surface area (Å²) in [6.07, 6.45) is 4.60. The fraction of sp³-hybridized carbons (Fsp3) is 1.00. The van der Waals surface area contributed by atoms with E-state index in [9.17, 15) is 8.42 Å². The van der Waals surface area contributed by atoms with Crippen LogP contribution in [-0.2, 0) is 14.6 Å². The molecule has 0 aromatic heterocycles. The third-order valence-corrected chi connectivity index (χ3v) is 6.23. The van der Waals surface area contributed by atoms with E-state index in [0.717, 1.165) is 25.7 Å². The molecule has 18 heavy (non-hydrogen) atoms. The molecule has 0 aromatic carbocycles. The number of hydrogen-bond acceptors (Lipinski definition) is 4. The number of rotatable bonds is 3. The summed E-state index contributed by atoms with van der Waals surface area (Å²) < 4.78 is 29.0. The third kappa shape index (κ3) is 3.25. The van der Waals surface area contributed by atoms with E-state index >= 15 is 0 Å². The van der Waals surface area contributed by atoms with Crippen molar-refractivity contribution >= 4 is 9.84 Å². The van der Waals surface area contributed by atoms with Gasteiger partial charge in [-0.3, -0.25) is 0 Å². The van der Waals surface area contributed by atoms with Gasteiger partial charge in [-0.05, 0) is 37.5 Å². The standard InChI is InChI=1S/C13H25NO3S/c1-12(2)4-6-13(10-14,7-5-12)17-11-3-8-18(15,16)9-11/h11H,3-10,14H2,1-2H3. The van der Waals surface area contributed by atoms with Crippen molar-refractivity contribution in [3.63, 3.8) is 0 Å². The van der Waals surface area contributed by atoms with E-state index in [1.807, 2.05) is 0 Å². The predicted octanol–water partition coefficient (Wildman–Crippen LogP) is 1.49. The van der Waals surface area contributed by atoms with Crippen molar-refractivity contribution in [1.29, 1.82) is 0 Å². The molecule has 1 atom stereocenters. The van der Waals surface area contributed by atoms with Crippen molar-refractivity contribution < 1.29 is 13.2 Å². The molecule has 2 rings (SSSR count). The Labute approximate surface area is 110 Å². The van der Waals surface area contributed by atoms with Gasteiger partial charge in [-0.25, -0.2) is 8.42 Å². The fourth-order valence-corrected chi connectivity index (χ4v) is 4.55. The summed E-state index contributed by atoms with van der Waals surface area (Å²) in [5.74, 6) is 0.446. The summed E-state index contributed by atoms with van der Waals surface area (Å²) >= 11 is 0. The zero-order valence-corrected chi connectivity index (χ0v) is 12.3. The van der Waals surface area contributed by atoms with Crippen LogP contribution in [0.5, 0.6) is 0 Å². The summed E-state index contributed by atoms with van der Waals surface area (Å²) in [5.41, 5.74) is 5.99. The zero-order valence-electron chi connectivity index (χ0n) is 11.4. The molecular formula is C13H25NO3S. The summed E-state index contributed by atoms with van der Waals surface area (Å²) in [5, 5.41) is 0. The number of nitrogens with two attached hydrogens (primary N) is 1. The molecule has 1 saturated heterocycles. The van der Waals surface area contributed by atoms with Crippen LogP contribution in [0.2, 0.25) is 0 Å². The minimum absolute atomic E-state index is 0.139. The first-order valence-corrected chi connectivity index (χ1v) is 8.66. The summed E-state index contributed by atoms with van der Waals surface area (Å²) in [4.78, 5) is 0.